The van der Waals surface area contributed by atoms with Crippen LogP contribution in [0.3, 0.4) is 0 Å². The van der Waals surface area contributed by atoms with Crippen LogP contribution >= 0.6 is 0 Å². The first-order valence-corrected chi connectivity index (χ1v) is 10.4. The van der Waals surface area contributed by atoms with Gasteiger partial charge < -0.3 is 38.5 Å². The Labute approximate surface area is 197 Å². The molecule has 1 aromatic rings. The number of dihydropyridines is 1. The van der Waals surface area contributed by atoms with Crippen LogP contribution in [0.5, 0.6) is 0 Å². The summed E-state index contributed by atoms with van der Waals surface area (Å²) in [7, 11) is 4.21. The predicted octanol–water partition coefficient (Wildman–Crippen LogP) is 3.22. The standard InChI is InChI=1S/C23H29NO10/c1-14-19(33-22(26)31-11-9-28-3)18(16-7-6-8-17(13-16)21(25)30-5)20(15(2)24-14)34-23(27)32-12-10-29-4/h6-8,13,18,24H,9-12H2,1-5H3. The zero-order valence-electron chi connectivity index (χ0n) is 19.8. The average molecular weight is 479 g/mol. The van der Waals surface area contributed by atoms with E-state index >= 15 is 0 Å². The van der Waals surface area contributed by atoms with Gasteiger partial charge in [0.1, 0.15) is 30.6 Å². The Morgan fingerprint density at radius 2 is 1.35 bits per heavy atom. The lowest BCUT2D eigenvalue weighted by atomic mass is 9.89. The second-order valence-electron chi connectivity index (χ2n) is 7.04. The molecule has 0 aliphatic carbocycles. The summed E-state index contributed by atoms with van der Waals surface area (Å²) in [5.74, 6) is -1.19. The van der Waals surface area contributed by atoms with Gasteiger partial charge in [0.05, 0.1) is 37.3 Å². The highest BCUT2D eigenvalue weighted by Gasteiger charge is 2.36. The number of allylic oxidation sites excluding steroid dienone is 2. The molecule has 1 N–H and O–H groups in total. The van der Waals surface area contributed by atoms with E-state index in [-0.39, 0.29) is 43.5 Å². The van der Waals surface area contributed by atoms with E-state index in [1.165, 1.54) is 21.3 Å². The molecule has 1 aliphatic heterocycles. The number of rotatable bonds is 10. The van der Waals surface area contributed by atoms with E-state index in [0.717, 1.165) is 0 Å². The molecule has 0 spiro atoms. The van der Waals surface area contributed by atoms with Crippen LogP contribution in [0, 0.1) is 0 Å². The SMILES string of the molecule is COCCOC(=O)OC1=C(C)NC(C)=C(OC(=O)OCCOC)C1c1cccc(C(=O)OC)c1. The van der Waals surface area contributed by atoms with Crippen molar-refractivity contribution in [3.8, 4) is 0 Å². The second-order valence-corrected chi connectivity index (χ2v) is 7.04. The van der Waals surface area contributed by atoms with E-state index in [0.29, 0.717) is 17.0 Å². The molecule has 0 amide bonds. The second kappa shape index (κ2) is 13.2. The van der Waals surface area contributed by atoms with Crippen LogP contribution in [0.2, 0.25) is 0 Å². The zero-order chi connectivity index (χ0) is 25.1. The van der Waals surface area contributed by atoms with Crippen LogP contribution in [-0.4, -0.2) is 66.0 Å². The van der Waals surface area contributed by atoms with E-state index in [4.69, 9.17) is 33.2 Å². The first-order chi connectivity index (χ1) is 16.3. The van der Waals surface area contributed by atoms with Crippen LogP contribution in [0.4, 0.5) is 9.59 Å². The van der Waals surface area contributed by atoms with E-state index in [1.54, 1.807) is 38.1 Å². The van der Waals surface area contributed by atoms with Crippen molar-refractivity contribution in [3.63, 3.8) is 0 Å². The molecule has 0 saturated heterocycles. The molecule has 2 rings (SSSR count). The highest BCUT2D eigenvalue weighted by atomic mass is 16.7. The summed E-state index contributed by atoms with van der Waals surface area (Å²) < 4.78 is 35.6. The molecule has 0 fully saturated rings. The summed E-state index contributed by atoms with van der Waals surface area (Å²) in [5.41, 5.74) is 1.73. The van der Waals surface area contributed by atoms with Gasteiger partial charge in [-0.2, -0.15) is 0 Å². The molecule has 11 nitrogen and oxygen atoms in total. The van der Waals surface area contributed by atoms with Crippen molar-refractivity contribution in [2.75, 3.05) is 47.8 Å². The van der Waals surface area contributed by atoms with Gasteiger partial charge in [0.25, 0.3) is 0 Å². The maximum atomic E-state index is 12.3. The van der Waals surface area contributed by atoms with Gasteiger partial charge in [-0.1, -0.05) is 12.1 Å². The number of hydrogen-bond acceptors (Lipinski definition) is 11. The van der Waals surface area contributed by atoms with Crippen LogP contribution < -0.4 is 5.32 Å². The van der Waals surface area contributed by atoms with Gasteiger partial charge in [-0.25, -0.2) is 14.4 Å². The normalized spacial score (nSPS) is 13.8. The van der Waals surface area contributed by atoms with Crippen LogP contribution in [-0.2, 0) is 33.2 Å². The predicted molar refractivity (Wildman–Crippen MR) is 118 cm³/mol. The van der Waals surface area contributed by atoms with Gasteiger partial charge in [-0.3, -0.25) is 0 Å². The first-order valence-electron chi connectivity index (χ1n) is 10.4. The molecule has 11 heteroatoms. The minimum atomic E-state index is -0.969. The average Bonchev–Trinajstić information content (AvgIpc) is 2.82. The van der Waals surface area contributed by atoms with Crippen molar-refractivity contribution in [1.29, 1.82) is 0 Å². The number of esters is 1. The lowest BCUT2D eigenvalue weighted by Crippen LogP contribution is -2.29. The first kappa shape index (κ1) is 26.7. The number of hydrogen-bond donors (Lipinski definition) is 1. The van der Waals surface area contributed by atoms with Crippen molar-refractivity contribution in [1.82, 2.24) is 5.32 Å². The molecule has 1 aromatic carbocycles. The molecule has 186 valence electrons. The minimum Gasteiger partial charge on any atom is -0.465 e. The summed E-state index contributed by atoms with van der Waals surface area (Å²) in [6, 6.07) is 6.46. The number of nitrogens with one attached hydrogen (secondary N) is 1. The maximum absolute atomic E-state index is 12.3. The minimum absolute atomic E-state index is 0.0123. The fraction of sp³-hybridized carbons (Fsp3) is 0.435. The van der Waals surface area contributed by atoms with Crippen molar-refractivity contribution >= 4 is 18.3 Å². The zero-order valence-corrected chi connectivity index (χ0v) is 19.8. The Morgan fingerprint density at radius 1 is 0.824 bits per heavy atom. The van der Waals surface area contributed by atoms with Gasteiger partial charge in [-0.05, 0) is 31.5 Å². The van der Waals surface area contributed by atoms with Gasteiger partial charge in [0.15, 0.2) is 0 Å². The van der Waals surface area contributed by atoms with Crippen molar-refractivity contribution < 1.29 is 47.5 Å². The smallest absolute Gasteiger partial charge is 0.465 e. The van der Waals surface area contributed by atoms with E-state index < -0.39 is 24.2 Å². The summed E-state index contributed by atoms with van der Waals surface area (Å²) in [4.78, 5) is 36.7. The summed E-state index contributed by atoms with van der Waals surface area (Å²) in [5, 5.41) is 3.03. The van der Waals surface area contributed by atoms with Crippen molar-refractivity contribution in [2.24, 2.45) is 0 Å². The number of benzene rings is 1. The number of ether oxygens (including phenoxy) is 7. The van der Waals surface area contributed by atoms with Gasteiger partial charge in [-0.15, -0.1) is 0 Å². The van der Waals surface area contributed by atoms with Gasteiger partial charge in [0, 0.05) is 14.2 Å². The van der Waals surface area contributed by atoms with Crippen LogP contribution in [0.15, 0.2) is 47.2 Å². The van der Waals surface area contributed by atoms with Gasteiger partial charge in [0.2, 0.25) is 0 Å². The quantitative estimate of drug-likeness (QED) is 0.302. The molecule has 0 atom stereocenters. The van der Waals surface area contributed by atoms with E-state index in [1.807, 2.05) is 0 Å². The molecule has 0 aromatic heterocycles. The molecule has 1 heterocycles. The van der Waals surface area contributed by atoms with E-state index in [2.05, 4.69) is 5.32 Å². The third-order valence-electron chi connectivity index (χ3n) is 4.68. The van der Waals surface area contributed by atoms with E-state index in [9.17, 15) is 14.4 Å². The third kappa shape index (κ3) is 7.22. The van der Waals surface area contributed by atoms with Crippen molar-refractivity contribution in [3.05, 3.63) is 58.3 Å². The monoisotopic (exact) mass is 479 g/mol. The highest BCUT2D eigenvalue weighted by molar-refractivity contribution is 5.89. The Balaban J connectivity index is 2.43. The van der Waals surface area contributed by atoms with Crippen LogP contribution in [0.1, 0.15) is 35.7 Å². The molecule has 0 unspecified atom stereocenters. The molecule has 34 heavy (non-hydrogen) atoms. The summed E-state index contributed by atoms with van der Waals surface area (Å²) in [6.07, 6.45) is -1.94. The Kier molecular flexibility index (Phi) is 10.4. The summed E-state index contributed by atoms with van der Waals surface area (Å²) >= 11 is 0. The molecular weight excluding hydrogens is 450 g/mol. The largest absolute Gasteiger partial charge is 0.513 e. The van der Waals surface area contributed by atoms with Gasteiger partial charge >= 0.3 is 18.3 Å². The Bertz CT molecular complexity index is 907. The molecule has 0 radical (unpaired) electrons. The lowest BCUT2D eigenvalue weighted by molar-refractivity contribution is 0.0409. The Hall–Kier alpha value is -3.57. The third-order valence-corrected chi connectivity index (χ3v) is 4.68. The molecule has 0 saturated carbocycles. The maximum Gasteiger partial charge on any atom is 0.513 e. The molecule has 0 bridgehead atoms. The lowest BCUT2D eigenvalue weighted by Gasteiger charge is -2.30. The molecule has 1 aliphatic rings. The number of carbonyl (C=O) groups is 3. The Morgan fingerprint density at radius 3 is 1.82 bits per heavy atom. The number of carbonyl (C=O) groups excluding carboxylic acids is 3. The van der Waals surface area contributed by atoms with Crippen molar-refractivity contribution in [2.45, 2.75) is 19.8 Å². The highest BCUT2D eigenvalue weighted by Crippen LogP contribution is 2.39. The fourth-order valence-electron chi connectivity index (χ4n) is 3.15. The fourth-order valence-corrected chi connectivity index (χ4v) is 3.15. The topological polar surface area (TPSA) is 128 Å². The summed E-state index contributed by atoms with van der Waals surface area (Å²) in [6.45, 7) is 3.73. The number of methoxy groups -OCH3 is 3. The van der Waals surface area contributed by atoms with Crippen LogP contribution in [0.25, 0.3) is 0 Å². The molecular formula is C23H29NO10.